The fraction of sp³-hybridized carbons (Fsp3) is 0.467. The molecule has 1 amide bonds. The van der Waals surface area contributed by atoms with Crippen molar-refractivity contribution in [3.8, 4) is 5.75 Å². The maximum atomic E-state index is 11.5. The van der Waals surface area contributed by atoms with E-state index < -0.39 is 5.97 Å². The van der Waals surface area contributed by atoms with Gasteiger partial charge in [0.2, 0.25) is 5.91 Å². The lowest BCUT2D eigenvalue weighted by Crippen LogP contribution is -2.12. The van der Waals surface area contributed by atoms with Crippen LogP contribution in [0, 0.1) is 0 Å². The van der Waals surface area contributed by atoms with Crippen LogP contribution in [0.25, 0.3) is 0 Å². The first-order valence-corrected chi connectivity index (χ1v) is 6.88. The van der Waals surface area contributed by atoms with Gasteiger partial charge in [-0.2, -0.15) is 0 Å². The second-order valence-corrected chi connectivity index (χ2v) is 4.52. The number of carbonyl (C=O) groups excluding carboxylic acids is 1. The molecule has 0 radical (unpaired) electrons. The van der Waals surface area contributed by atoms with E-state index >= 15 is 0 Å². The first-order chi connectivity index (χ1) is 9.58. The quantitative estimate of drug-likeness (QED) is 0.716. The van der Waals surface area contributed by atoms with Crippen LogP contribution in [0.1, 0.15) is 49.9 Å². The summed E-state index contributed by atoms with van der Waals surface area (Å²) in [5.74, 6) is -0.856. The van der Waals surface area contributed by atoms with Crippen LogP contribution in [0.15, 0.2) is 18.2 Å². The number of ether oxygens (including phenoxy) is 1. The Morgan fingerprint density at radius 3 is 2.60 bits per heavy atom. The van der Waals surface area contributed by atoms with Crippen LogP contribution in [0.3, 0.4) is 0 Å². The van der Waals surface area contributed by atoms with Crippen molar-refractivity contribution < 1.29 is 19.4 Å². The lowest BCUT2D eigenvalue weighted by molar-refractivity contribution is -0.116. The number of benzene rings is 1. The third-order valence-electron chi connectivity index (χ3n) is 2.73. The second-order valence-electron chi connectivity index (χ2n) is 4.52. The summed E-state index contributed by atoms with van der Waals surface area (Å²) in [5, 5.41) is 11.9. The SMILES string of the molecule is CCCCOc1ccc(NC(=O)CCC)cc1C(=O)O. The molecule has 1 aromatic rings. The molecule has 1 rings (SSSR count). The molecule has 0 aliphatic rings. The maximum absolute atomic E-state index is 11.5. The van der Waals surface area contributed by atoms with E-state index in [1.54, 1.807) is 12.1 Å². The Morgan fingerprint density at radius 2 is 2.00 bits per heavy atom. The largest absolute Gasteiger partial charge is 0.493 e. The van der Waals surface area contributed by atoms with E-state index in [0.29, 0.717) is 24.5 Å². The minimum Gasteiger partial charge on any atom is -0.493 e. The summed E-state index contributed by atoms with van der Waals surface area (Å²) in [5.41, 5.74) is 0.541. The normalized spacial score (nSPS) is 10.1. The minimum absolute atomic E-state index is 0.0652. The molecule has 5 heteroatoms. The highest BCUT2D eigenvalue weighted by atomic mass is 16.5. The molecule has 0 saturated heterocycles. The zero-order valence-electron chi connectivity index (χ0n) is 11.9. The van der Waals surface area contributed by atoms with Crippen LogP contribution in [0.5, 0.6) is 5.75 Å². The lowest BCUT2D eigenvalue weighted by Gasteiger charge is -2.11. The highest BCUT2D eigenvalue weighted by Crippen LogP contribution is 2.23. The van der Waals surface area contributed by atoms with Crippen LogP contribution >= 0.6 is 0 Å². The predicted molar refractivity (Wildman–Crippen MR) is 77.3 cm³/mol. The van der Waals surface area contributed by atoms with Crippen LogP contribution in [-0.2, 0) is 4.79 Å². The Kier molecular flexibility index (Phi) is 6.56. The zero-order chi connectivity index (χ0) is 15.0. The third kappa shape index (κ3) is 4.91. The van der Waals surface area contributed by atoms with Crippen LogP contribution in [0.2, 0.25) is 0 Å². The summed E-state index contributed by atoms with van der Waals surface area (Å²) in [4.78, 5) is 22.7. The molecule has 0 bridgehead atoms. The smallest absolute Gasteiger partial charge is 0.339 e. The molecule has 0 unspecified atom stereocenters. The van der Waals surface area contributed by atoms with Gasteiger partial charge < -0.3 is 15.2 Å². The van der Waals surface area contributed by atoms with E-state index in [-0.39, 0.29) is 11.5 Å². The predicted octanol–water partition coefficient (Wildman–Crippen LogP) is 3.30. The minimum atomic E-state index is -1.07. The molecule has 20 heavy (non-hydrogen) atoms. The first-order valence-electron chi connectivity index (χ1n) is 6.88. The van der Waals surface area contributed by atoms with Gasteiger partial charge in [0.15, 0.2) is 0 Å². The molecule has 0 spiro atoms. The Bertz CT molecular complexity index is 471. The highest BCUT2D eigenvalue weighted by Gasteiger charge is 2.13. The number of amides is 1. The van der Waals surface area contributed by atoms with E-state index in [4.69, 9.17) is 4.74 Å². The third-order valence-corrected chi connectivity index (χ3v) is 2.73. The monoisotopic (exact) mass is 279 g/mol. The van der Waals surface area contributed by atoms with Crippen molar-refractivity contribution in [2.45, 2.75) is 39.5 Å². The van der Waals surface area contributed by atoms with Gasteiger partial charge in [-0.05, 0) is 31.0 Å². The molecular weight excluding hydrogens is 258 g/mol. The van der Waals surface area contributed by atoms with Crippen LogP contribution < -0.4 is 10.1 Å². The second kappa shape index (κ2) is 8.19. The van der Waals surface area contributed by atoms with Crippen molar-refractivity contribution in [3.05, 3.63) is 23.8 Å². The Hall–Kier alpha value is -2.04. The molecule has 2 N–H and O–H groups in total. The molecule has 0 saturated carbocycles. The van der Waals surface area contributed by atoms with E-state index in [0.717, 1.165) is 19.3 Å². The van der Waals surface area contributed by atoms with Gasteiger partial charge in [0.1, 0.15) is 11.3 Å². The van der Waals surface area contributed by atoms with Crippen molar-refractivity contribution in [2.24, 2.45) is 0 Å². The van der Waals surface area contributed by atoms with Gasteiger partial charge in [-0.1, -0.05) is 20.3 Å². The van der Waals surface area contributed by atoms with E-state index in [9.17, 15) is 14.7 Å². The lowest BCUT2D eigenvalue weighted by atomic mass is 10.1. The fourth-order valence-electron chi connectivity index (χ4n) is 1.68. The number of carboxylic acid groups (broad SMARTS) is 1. The molecule has 110 valence electrons. The number of aromatic carboxylic acids is 1. The highest BCUT2D eigenvalue weighted by molar-refractivity contribution is 5.95. The molecule has 0 aliphatic heterocycles. The summed E-state index contributed by atoms with van der Waals surface area (Å²) in [7, 11) is 0. The average molecular weight is 279 g/mol. The number of hydrogen-bond acceptors (Lipinski definition) is 3. The van der Waals surface area contributed by atoms with Crippen molar-refractivity contribution in [1.29, 1.82) is 0 Å². The number of nitrogens with one attached hydrogen (secondary N) is 1. The molecule has 0 fully saturated rings. The summed E-state index contributed by atoms with van der Waals surface area (Å²) >= 11 is 0. The van der Waals surface area contributed by atoms with E-state index in [1.165, 1.54) is 6.07 Å². The number of carboxylic acids is 1. The van der Waals surface area contributed by atoms with Crippen molar-refractivity contribution in [2.75, 3.05) is 11.9 Å². The van der Waals surface area contributed by atoms with Crippen LogP contribution in [-0.4, -0.2) is 23.6 Å². The van der Waals surface area contributed by atoms with Gasteiger partial charge in [-0.15, -0.1) is 0 Å². The molecule has 0 aromatic heterocycles. The van der Waals surface area contributed by atoms with Gasteiger partial charge in [-0.3, -0.25) is 4.79 Å². The van der Waals surface area contributed by atoms with Crippen molar-refractivity contribution >= 4 is 17.6 Å². The summed E-state index contributed by atoms with van der Waals surface area (Å²) in [6.07, 6.45) is 3.01. The summed E-state index contributed by atoms with van der Waals surface area (Å²) in [6.45, 7) is 4.43. The zero-order valence-corrected chi connectivity index (χ0v) is 11.9. The van der Waals surface area contributed by atoms with E-state index in [2.05, 4.69) is 5.32 Å². The van der Waals surface area contributed by atoms with Crippen LogP contribution in [0.4, 0.5) is 5.69 Å². The molecule has 0 aliphatic carbocycles. The Morgan fingerprint density at radius 1 is 1.25 bits per heavy atom. The molecule has 5 nitrogen and oxygen atoms in total. The van der Waals surface area contributed by atoms with Gasteiger partial charge in [-0.25, -0.2) is 4.79 Å². The Labute approximate surface area is 118 Å². The molecular formula is C15H21NO4. The molecule has 1 aromatic carbocycles. The number of hydrogen-bond donors (Lipinski definition) is 2. The number of rotatable bonds is 8. The standard InChI is InChI=1S/C15H21NO4/c1-3-5-9-20-13-8-7-11(10-12(13)15(18)19)16-14(17)6-4-2/h7-8,10H,3-6,9H2,1-2H3,(H,16,17)(H,18,19). The average Bonchev–Trinajstić information content (AvgIpc) is 2.40. The number of unbranched alkanes of at least 4 members (excludes halogenated alkanes) is 1. The van der Waals surface area contributed by atoms with Crippen molar-refractivity contribution in [3.63, 3.8) is 0 Å². The maximum Gasteiger partial charge on any atom is 0.339 e. The molecule has 0 heterocycles. The summed E-state index contributed by atoms with van der Waals surface area (Å²) in [6, 6.07) is 4.67. The van der Waals surface area contributed by atoms with Gasteiger partial charge in [0.05, 0.1) is 6.61 Å². The Balaban J connectivity index is 2.83. The number of carbonyl (C=O) groups is 2. The van der Waals surface area contributed by atoms with Gasteiger partial charge in [0.25, 0.3) is 0 Å². The van der Waals surface area contributed by atoms with Gasteiger partial charge >= 0.3 is 5.97 Å². The fourth-order valence-corrected chi connectivity index (χ4v) is 1.68. The van der Waals surface area contributed by atoms with E-state index in [1.807, 2.05) is 13.8 Å². The molecule has 0 atom stereocenters. The van der Waals surface area contributed by atoms with Crippen molar-refractivity contribution in [1.82, 2.24) is 0 Å². The first kappa shape index (κ1) is 16.0. The summed E-state index contributed by atoms with van der Waals surface area (Å²) < 4.78 is 5.45. The topological polar surface area (TPSA) is 75.6 Å². The number of anilines is 1. The van der Waals surface area contributed by atoms with Gasteiger partial charge in [0, 0.05) is 12.1 Å².